The number of halogens is 2. The molecule has 1 aromatic carbocycles. The Morgan fingerprint density at radius 3 is 2.29 bits per heavy atom. The molecule has 0 aromatic heterocycles. The van der Waals surface area contributed by atoms with Crippen molar-refractivity contribution >= 4 is 33.5 Å². The first-order chi connectivity index (χ1) is 9.80. The van der Waals surface area contributed by atoms with Crippen molar-refractivity contribution in [3.05, 3.63) is 33.8 Å². The lowest BCUT2D eigenvalue weighted by Gasteiger charge is -2.26. The molecule has 0 radical (unpaired) electrons. The monoisotopic (exact) mass is 355 g/mol. The van der Waals surface area contributed by atoms with Crippen molar-refractivity contribution in [2.45, 2.75) is 38.4 Å². The van der Waals surface area contributed by atoms with Gasteiger partial charge in [-0.2, -0.15) is 8.42 Å². The van der Waals surface area contributed by atoms with Crippen molar-refractivity contribution in [3.63, 3.8) is 0 Å². The normalized spacial score (nSPS) is 14.9. The lowest BCUT2D eigenvalue weighted by atomic mass is 10.00. The van der Waals surface area contributed by atoms with E-state index in [9.17, 15) is 8.42 Å². The van der Waals surface area contributed by atoms with Crippen LogP contribution >= 0.6 is 23.2 Å². The van der Waals surface area contributed by atoms with Crippen LogP contribution in [0.5, 0.6) is 0 Å². The second-order valence-corrected chi connectivity index (χ2v) is 6.55. The van der Waals surface area contributed by atoms with Crippen LogP contribution in [0.15, 0.2) is 18.2 Å². The summed E-state index contributed by atoms with van der Waals surface area (Å²) >= 11 is 12.3. The van der Waals surface area contributed by atoms with E-state index in [1.165, 1.54) is 7.11 Å². The number of methoxy groups -OCH3 is 1. The standard InChI is InChI=1S/C13H19Cl2NO4S/c1-3-4-8-11(20-21(16,17)18)13(19-2)12-9(14)6-5-7-10(12)15/h5-7,11,13H,3-4,8H2,1-2H3,(H2,16,17,18). The van der Waals surface area contributed by atoms with E-state index in [0.717, 1.165) is 12.8 Å². The smallest absolute Gasteiger partial charge is 0.333 e. The van der Waals surface area contributed by atoms with Crippen molar-refractivity contribution in [3.8, 4) is 0 Å². The summed E-state index contributed by atoms with van der Waals surface area (Å²) in [6, 6.07) is 5.01. The van der Waals surface area contributed by atoms with Gasteiger partial charge in [-0.15, -0.1) is 0 Å². The zero-order valence-electron chi connectivity index (χ0n) is 11.9. The first kappa shape index (κ1) is 18.7. The average Bonchev–Trinajstić information content (AvgIpc) is 2.38. The van der Waals surface area contributed by atoms with Crippen molar-refractivity contribution in [2.24, 2.45) is 5.14 Å². The molecule has 0 saturated heterocycles. The largest absolute Gasteiger partial charge is 0.374 e. The molecule has 0 fully saturated rings. The third kappa shape index (κ3) is 5.73. The fourth-order valence-electron chi connectivity index (χ4n) is 2.07. The highest BCUT2D eigenvalue weighted by atomic mass is 35.5. The molecule has 120 valence electrons. The van der Waals surface area contributed by atoms with Gasteiger partial charge in [-0.25, -0.2) is 5.14 Å². The summed E-state index contributed by atoms with van der Waals surface area (Å²) in [5.41, 5.74) is 0.494. The van der Waals surface area contributed by atoms with Gasteiger partial charge in [-0.3, -0.25) is 4.18 Å². The molecular formula is C13H19Cl2NO4S. The van der Waals surface area contributed by atoms with E-state index in [-0.39, 0.29) is 0 Å². The third-order valence-corrected chi connectivity index (χ3v) is 4.15. The van der Waals surface area contributed by atoms with E-state index in [2.05, 4.69) is 0 Å². The third-order valence-electron chi connectivity index (χ3n) is 2.98. The Morgan fingerprint density at radius 1 is 1.29 bits per heavy atom. The summed E-state index contributed by atoms with van der Waals surface area (Å²) in [5, 5.41) is 5.75. The molecule has 0 spiro atoms. The quantitative estimate of drug-likeness (QED) is 0.774. The zero-order valence-corrected chi connectivity index (χ0v) is 14.2. The molecule has 2 N–H and O–H groups in total. The van der Waals surface area contributed by atoms with Gasteiger partial charge in [0.2, 0.25) is 0 Å². The summed E-state index contributed by atoms with van der Waals surface area (Å²) < 4.78 is 32.9. The van der Waals surface area contributed by atoms with E-state index >= 15 is 0 Å². The summed E-state index contributed by atoms with van der Waals surface area (Å²) in [6.07, 6.45) is 0.560. The Morgan fingerprint density at radius 2 is 1.86 bits per heavy atom. The Balaban J connectivity index is 3.17. The highest BCUT2D eigenvalue weighted by Gasteiger charge is 2.30. The lowest BCUT2D eigenvalue weighted by Crippen LogP contribution is -2.30. The molecule has 0 heterocycles. The highest BCUT2D eigenvalue weighted by Crippen LogP contribution is 2.36. The Bertz CT molecular complexity index is 545. The van der Waals surface area contributed by atoms with Crippen LogP contribution < -0.4 is 5.14 Å². The minimum Gasteiger partial charge on any atom is -0.374 e. The SMILES string of the molecule is CCCCC(OS(N)(=O)=O)C(OC)c1c(Cl)cccc1Cl. The maximum absolute atomic E-state index is 11.3. The van der Waals surface area contributed by atoms with Gasteiger partial charge in [-0.05, 0) is 18.6 Å². The van der Waals surface area contributed by atoms with Gasteiger partial charge >= 0.3 is 10.3 Å². The van der Waals surface area contributed by atoms with Gasteiger partial charge < -0.3 is 4.74 Å². The zero-order chi connectivity index (χ0) is 16.0. The minimum atomic E-state index is -4.11. The molecule has 0 aliphatic rings. The number of nitrogens with two attached hydrogens (primary N) is 1. The average molecular weight is 356 g/mol. The maximum Gasteiger partial charge on any atom is 0.333 e. The van der Waals surface area contributed by atoms with Crippen molar-refractivity contribution in [1.82, 2.24) is 0 Å². The molecule has 0 amide bonds. The second-order valence-electron chi connectivity index (χ2n) is 4.56. The van der Waals surface area contributed by atoms with Gasteiger partial charge in [0, 0.05) is 22.7 Å². The van der Waals surface area contributed by atoms with Crippen LogP contribution in [-0.2, 0) is 19.2 Å². The van der Waals surface area contributed by atoms with Gasteiger partial charge in [0.05, 0.1) is 0 Å². The van der Waals surface area contributed by atoms with Crippen LogP contribution in [-0.4, -0.2) is 21.6 Å². The predicted octanol–water partition coefficient (Wildman–Crippen LogP) is 3.46. The highest BCUT2D eigenvalue weighted by molar-refractivity contribution is 7.84. The van der Waals surface area contributed by atoms with Gasteiger partial charge in [0.15, 0.2) is 0 Å². The number of rotatable bonds is 8. The van der Waals surface area contributed by atoms with Gasteiger partial charge in [0.25, 0.3) is 0 Å². The molecule has 0 bridgehead atoms. The van der Waals surface area contributed by atoms with Crippen LogP contribution in [0.1, 0.15) is 37.9 Å². The number of ether oxygens (including phenoxy) is 1. The number of hydrogen-bond donors (Lipinski definition) is 1. The van der Waals surface area contributed by atoms with Crippen molar-refractivity contribution < 1.29 is 17.3 Å². The molecule has 0 aliphatic carbocycles. The van der Waals surface area contributed by atoms with E-state index < -0.39 is 22.5 Å². The lowest BCUT2D eigenvalue weighted by molar-refractivity contribution is -0.00117. The summed E-state index contributed by atoms with van der Waals surface area (Å²) in [6.45, 7) is 1.98. The van der Waals surface area contributed by atoms with Crippen LogP contribution in [0.2, 0.25) is 10.0 Å². The van der Waals surface area contributed by atoms with Gasteiger partial charge in [-0.1, -0.05) is 49.0 Å². The first-order valence-corrected chi connectivity index (χ1v) is 8.70. The maximum atomic E-state index is 11.3. The predicted molar refractivity (Wildman–Crippen MR) is 83.7 cm³/mol. The van der Waals surface area contributed by atoms with Crippen LogP contribution in [0.25, 0.3) is 0 Å². The Hall–Kier alpha value is -0.370. The van der Waals surface area contributed by atoms with E-state index in [4.69, 9.17) is 37.3 Å². The Labute approximate surface area is 135 Å². The molecule has 2 atom stereocenters. The van der Waals surface area contributed by atoms with E-state index in [1.807, 2.05) is 6.92 Å². The first-order valence-electron chi connectivity index (χ1n) is 6.47. The van der Waals surface area contributed by atoms with E-state index in [1.54, 1.807) is 18.2 Å². The van der Waals surface area contributed by atoms with Gasteiger partial charge in [0.1, 0.15) is 12.2 Å². The summed E-state index contributed by atoms with van der Waals surface area (Å²) in [4.78, 5) is 0. The number of hydrogen-bond acceptors (Lipinski definition) is 4. The minimum absolute atomic E-state index is 0.383. The molecule has 21 heavy (non-hydrogen) atoms. The summed E-state index contributed by atoms with van der Waals surface area (Å²) in [5.74, 6) is 0. The van der Waals surface area contributed by atoms with Crippen molar-refractivity contribution in [2.75, 3.05) is 7.11 Å². The fraction of sp³-hybridized carbons (Fsp3) is 0.538. The molecule has 0 aliphatic heterocycles. The molecular weight excluding hydrogens is 337 g/mol. The summed E-state index contributed by atoms with van der Waals surface area (Å²) in [7, 11) is -2.67. The molecule has 5 nitrogen and oxygen atoms in total. The van der Waals surface area contributed by atoms with E-state index in [0.29, 0.717) is 22.0 Å². The Kier molecular flexibility index (Phi) is 7.39. The molecule has 2 unspecified atom stereocenters. The topological polar surface area (TPSA) is 78.6 Å². The molecule has 1 aromatic rings. The number of benzene rings is 1. The fourth-order valence-corrected chi connectivity index (χ4v) is 3.22. The molecule has 0 saturated carbocycles. The van der Waals surface area contributed by atoms with Crippen molar-refractivity contribution in [1.29, 1.82) is 0 Å². The molecule has 8 heteroatoms. The second kappa shape index (κ2) is 8.31. The molecule has 1 rings (SSSR count). The van der Waals surface area contributed by atoms with Crippen LogP contribution in [0.4, 0.5) is 0 Å². The number of unbranched alkanes of at least 4 members (excludes halogenated alkanes) is 1. The van der Waals surface area contributed by atoms with Crippen LogP contribution in [0.3, 0.4) is 0 Å². The van der Waals surface area contributed by atoms with Crippen LogP contribution in [0, 0.1) is 0 Å².